The number of aromatic nitrogens is 6. The number of halogens is 3. The van der Waals surface area contributed by atoms with Gasteiger partial charge >= 0.3 is 0 Å². The molecule has 0 saturated carbocycles. The van der Waals surface area contributed by atoms with Crippen LogP contribution in [0.2, 0.25) is 5.02 Å². The average Bonchev–Trinajstić information content (AvgIpc) is 3.41. The van der Waals surface area contributed by atoms with Gasteiger partial charge in [-0.05, 0) is 40.3 Å². The van der Waals surface area contributed by atoms with Crippen molar-refractivity contribution in [3.05, 3.63) is 94.5 Å². The van der Waals surface area contributed by atoms with E-state index in [4.69, 9.17) is 11.6 Å². The van der Waals surface area contributed by atoms with E-state index in [2.05, 4.69) is 20.6 Å². The summed E-state index contributed by atoms with van der Waals surface area (Å²) in [4.78, 5) is 0. The average molecular weight is 445 g/mol. The van der Waals surface area contributed by atoms with Gasteiger partial charge in [0.15, 0.2) is 0 Å². The monoisotopic (exact) mass is 444 g/mol. The molecule has 0 amide bonds. The van der Waals surface area contributed by atoms with Crippen LogP contribution >= 0.6 is 11.6 Å². The first-order chi connectivity index (χ1) is 14.8. The third kappa shape index (κ3) is 4.47. The molecule has 4 rings (SSSR count). The quantitative estimate of drug-likeness (QED) is 0.471. The standard InChI is InChI=1S/C21H19ClF2N6O/c1-14(20-8-9-29(26-20)11-15-2-4-16(22)5-3-15)21(31,12-30-13-25-27-28-30)18-7-6-17(23)10-19(18)24/h2-10,13-14,31H,11-12H2,1H3/t14-,21+/m0/s1. The van der Waals surface area contributed by atoms with Crippen LogP contribution in [-0.2, 0) is 18.7 Å². The Morgan fingerprint density at radius 1 is 1.10 bits per heavy atom. The first-order valence-corrected chi connectivity index (χ1v) is 9.89. The second-order valence-corrected chi connectivity index (χ2v) is 7.78. The fourth-order valence-corrected chi connectivity index (χ4v) is 3.64. The van der Waals surface area contributed by atoms with E-state index in [1.807, 2.05) is 12.1 Å². The normalized spacial score (nSPS) is 14.4. The lowest BCUT2D eigenvalue weighted by atomic mass is 9.80. The van der Waals surface area contributed by atoms with Gasteiger partial charge in [-0.3, -0.25) is 4.68 Å². The Balaban J connectivity index is 1.66. The number of aliphatic hydroxyl groups is 1. The van der Waals surface area contributed by atoms with E-state index in [1.54, 1.807) is 36.0 Å². The molecule has 2 atom stereocenters. The minimum atomic E-state index is -1.79. The summed E-state index contributed by atoms with van der Waals surface area (Å²) in [5.74, 6) is -2.25. The second kappa shape index (κ2) is 8.52. The van der Waals surface area contributed by atoms with Crippen molar-refractivity contribution in [1.29, 1.82) is 0 Å². The molecule has 2 aromatic carbocycles. The molecule has 2 heterocycles. The van der Waals surface area contributed by atoms with Crippen LogP contribution in [0, 0.1) is 11.6 Å². The highest BCUT2D eigenvalue weighted by Gasteiger charge is 2.41. The van der Waals surface area contributed by atoms with E-state index in [-0.39, 0.29) is 12.1 Å². The largest absolute Gasteiger partial charge is 0.382 e. The topological polar surface area (TPSA) is 81.6 Å². The SMILES string of the molecule is C[C@@H](c1ccn(Cc2ccc(Cl)cc2)n1)[C@](O)(Cn1cnnn1)c1ccc(F)cc1F. The van der Waals surface area contributed by atoms with E-state index in [1.165, 1.54) is 17.1 Å². The Morgan fingerprint density at radius 3 is 2.55 bits per heavy atom. The lowest BCUT2D eigenvalue weighted by Gasteiger charge is -2.33. The van der Waals surface area contributed by atoms with E-state index in [0.29, 0.717) is 17.3 Å². The van der Waals surface area contributed by atoms with E-state index >= 15 is 0 Å². The predicted molar refractivity (Wildman–Crippen MR) is 109 cm³/mol. The van der Waals surface area contributed by atoms with Crippen LogP contribution in [0.25, 0.3) is 0 Å². The fourth-order valence-electron chi connectivity index (χ4n) is 3.51. The lowest BCUT2D eigenvalue weighted by molar-refractivity contribution is -0.0128. The second-order valence-electron chi connectivity index (χ2n) is 7.34. The van der Waals surface area contributed by atoms with Gasteiger partial charge in [-0.2, -0.15) is 5.10 Å². The van der Waals surface area contributed by atoms with Gasteiger partial charge in [0.25, 0.3) is 0 Å². The van der Waals surface area contributed by atoms with Crippen LogP contribution in [0.5, 0.6) is 0 Å². The summed E-state index contributed by atoms with van der Waals surface area (Å²) in [6.45, 7) is 2.08. The van der Waals surface area contributed by atoms with Crippen molar-refractivity contribution in [2.45, 2.75) is 31.5 Å². The van der Waals surface area contributed by atoms with Gasteiger partial charge in [-0.15, -0.1) is 5.10 Å². The highest BCUT2D eigenvalue weighted by molar-refractivity contribution is 6.30. The lowest BCUT2D eigenvalue weighted by Crippen LogP contribution is -2.38. The Labute approximate surface area is 181 Å². The molecule has 0 radical (unpaired) electrons. The smallest absolute Gasteiger partial charge is 0.138 e. The van der Waals surface area contributed by atoms with Crippen molar-refractivity contribution in [2.24, 2.45) is 0 Å². The molecule has 0 aliphatic heterocycles. The molecule has 10 heteroatoms. The number of tetrazole rings is 1. The number of rotatable bonds is 7. The van der Waals surface area contributed by atoms with Gasteiger partial charge in [0.05, 0.1) is 18.8 Å². The first-order valence-electron chi connectivity index (χ1n) is 9.51. The van der Waals surface area contributed by atoms with Crippen LogP contribution in [0.3, 0.4) is 0 Å². The van der Waals surface area contributed by atoms with E-state index in [0.717, 1.165) is 17.7 Å². The third-order valence-corrected chi connectivity index (χ3v) is 5.52. The Bertz CT molecular complexity index is 1170. The van der Waals surface area contributed by atoms with Gasteiger partial charge < -0.3 is 5.11 Å². The third-order valence-electron chi connectivity index (χ3n) is 5.27. The van der Waals surface area contributed by atoms with Crippen molar-refractivity contribution in [3.63, 3.8) is 0 Å². The maximum Gasteiger partial charge on any atom is 0.138 e. The fraction of sp³-hybridized carbons (Fsp3) is 0.238. The predicted octanol–water partition coefficient (Wildman–Crippen LogP) is 3.54. The Hall–Kier alpha value is -3.17. The number of benzene rings is 2. The van der Waals surface area contributed by atoms with E-state index < -0.39 is 23.2 Å². The molecule has 31 heavy (non-hydrogen) atoms. The molecular weight excluding hydrogens is 426 g/mol. The molecule has 0 aliphatic rings. The van der Waals surface area contributed by atoms with Gasteiger partial charge in [0.1, 0.15) is 23.6 Å². The van der Waals surface area contributed by atoms with Crippen molar-refractivity contribution >= 4 is 11.6 Å². The molecule has 7 nitrogen and oxygen atoms in total. The van der Waals surface area contributed by atoms with Crippen molar-refractivity contribution < 1.29 is 13.9 Å². The molecule has 0 spiro atoms. The highest BCUT2D eigenvalue weighted by atomic mass is 35.5. The van der Waals surface area contributed by atoms with Gasteiger partial charge in [-0.25, -0.2) is 13.5 Å². The molecule has 0 aliphatic carbocycles. The van der Waals surface area contributed by atoms with Gasteiger partial charge in [0, 0.05) is 28.8 Å². The molecule has 2 aromatic heterocycles. The molecule has 1 N–H and O–H groups in total. The summed E-state index contributed by atoms with van der Waals surface area (Å²) in [5, 5.41) is 27.8. The molecule has 4 aromatic rings. The first kappa shape index (κ1) is 21.1. The van der Waals surface area contributed by atoms with Crippen molar-refractivity contribution in [2.75, 3.05) is 0 Å². The van der Waals surface area contributed by atoms with E-state index in [9.17, 15) is 13.9 Å². The zero-order chi connectivity index (χ0) is 22.0. The van der Waals surface area contributed by atoms with Crippen LogP contribution < -0.4 is 0 Å². The van der Waals surface area contributed by atoms with Gasteiger partial charge in [-0.1, -0.05) is 36.7 Å². The molecule has 0 unspecified atom stereocenters. The van der Waals surface area contributed by atoms with Crippen molar-refractivity contribution in [1.82, 2.24) is 30.0 Å². The minimum Gasteiger partial charge on any atom is -0.382 e. The van der Waals surface area contributed by atoms with Crippen LogP contribution in [0.15, 0.2) is 61.1 Å². The molecule has 0 bridgehead atoms. The maximum absolute atomic E-state index is 14.7. The van der Waals surface area contributed by atoms with Crippen LogP contribution in [-0.4, -0.2) is 35.1 Å². The number of nitrogens with zero attached hydrogens (tertiary/aromatic N) is 6. The zero-order valence-corrected chi connectivity index (χ0v) is 17.3. The number of hydrogen-bond donors (Lipinski definition) is 1. The molecule has 0 fully saturated rings. The number of hydrogen-bond acceptors (Lipinski definition) is 5. The summed E-state index contributed by atoms with van der Waals surface area (Å²) in [7, 11) is 0. The highest BCUT2D eigenvalue weighted by Crippen LogP contribution is 2.39. The van der Waals surface area contributed by atoms with Crippen LogP contribution in [0.4, 0.5) is 8.78 Å². The van der Waals surface area contributed by atoms with Crippen molar-refractivity contribution in [3.8, 4) is 0 Å². The molecule has 160 valence electrons. The Morgan fingerprint density at radius 2 is 1.87 bits per heavy atom. The minimum absolute atomic E-state index is 0.0656. The van der Waals surface area contributed by atoms with Gasteiger partial charge in [0.2, 0.25) is 0 Å². The summed E-state index contributed by atoms with van der Waals surface area (Å²) in [5.41, 5.74) is -0.315. The summed E-state index contributed by atoms with van der Waals surface area (Å²) < 4.78 is 31.2. The van der Waals surface area contributed by atoms with Crippen LogP contribution in [0.1, 0.15) is 29.7 Å². The molecular formula is C21H19ClF2N6O. The summed E-state index contributed by atoms with van der Waals surface area (Å²) >= 11 is 5.93. The maximum atomic E-state index is 14.7. The summed E-state index contributed by atoms with van der Waals surface area (Å²) in [6.07, 6.45) is 3.09. The molecule has 0 saturated heterocycles. The summed E-state index contributed by atoms with van der Waals surface area (Å²) in [6, 6.07) is 12.2. The zero-order valence-electron chi connectivity index (χ0n) is 16.5. The Kier molecular flexibility index (Phi) is 5.79.